The number of urea groups is 1. The maximum atomic E-state index is 13.3. The van der Waals surface area contributed by atoms with Gasteiger partial charge in [0.15, 0.2) is 0 Å². The molecular formula is C18H22Cl2N6O2. The number of benzene rings is 1. The van der Waals surface area contributed by atoms with Crippen molar-refractivity contribution in [2.45, 2.75) is 6.04 Å². The van der Waals surface area contributed by atoms with Crippen LogP contribution in [0.2, 0.25) is 5.02 Å². The van der Waals surface area contributed by atoms with E-state index in [0.29, 0.717) is 42.5 Å². The summed E-state index contributed by atoms with van der Waals surface area (Å²) in [6.07, 6.45) is 3.61. The number of imidazole rings is 1. The van der Waals surface area contributed by atoms with Crippen molar-refractivity contribution in [1.29, 1.82) is 0 Å². The van der Waals surface area contributed by atoms with Crippen molar-refractivity contribution in [3.63, 3.8) is 0 Å². The molecule has 4 rings (SSSR count). The highest BCUT2D eigenvalue weighted by atomic mass is 35.5. The summed E-state index contributed by atoms with van der Waals surface area (Å²) in [7, 11) is 1.92. The van der Waals surface area contributed by atoms with Crippen LogP contribution in [-0.4, -0.2) is 59.1 Å². The van der Waals surface area contributed by atoms with E-state index >= 15 is 0 Å². The third-order valence-electron chi connectivity index (χ3n) is 5.00. The van der Waals surface area contributed by atoms with Crippen molar-refractivity contribution in [1.82, 2.24) is 25.1 Å². The van der Waals surface area contributed by atoms with Gasteiger partial charge in [0.05, 0.1) is 10.7 Å². The average molecular weight is 425 g/mol. The van der Waals surface area contributed by atoms with Crippen LogP contribution >= 0.6 is 24.0 Å². The van der Waals surface area contributed by atoms with Crippen LogP contribution in [0.25, 0.3) is 0 Å². The van der Waals surface area contributed by atoms with Gasteiger partial charge in [0.2, 0.25) is 0 Å². The minimum absolute atomic E-state index is 0. The molecular weight excluding hydrogens is 403 g/mol. The van der Waals surface area contributed by atoms with E-state index in [4.69, 9.17) is 11.6 Å². The molecule has 0 spiro atoms. The smallest absolute Gasteiger partial charge is 0.322 e. The Kier molecular flexibility index (Phi) is 6.12. The van der Waals surface area contributed by atoms with E-state index in [-0.39, 0.29) is 30.4 Å². The van der Waals surface area contributed by atoms with Gasteiger partial charge in [-0.15, -0.1) is 12.4 Å². The third kappa shape index (κ3) is 3.67. The molecule has 1 atom stereocenters. The number of carbonyl (C=O) groups is 2. The maximum absolute atomic E-state index is 13.3. The van der Waals surface area contributed by atoms with Crippen LogP contribution in [0.4, 0.5) is 10.5 Å². The molecule has 10 heteroatoms. The van der Waals surface area contributed by atoms with Crippen LogP contribution in [0.1, 0.15) is 22.2 Å². The molecule has 0 bridgehead atoms. The van der Waals surface area contributed by atoms with Crippen LogP contribution in [0.3, 0.4) is 0 Å². The Bertz CT molecular complexity index is 887. The van der Waals surface area contributed by atoms with Gasteiger partial charge in [-0.05, 0) is 18.2 Å². The zero-order chi connectivity index (χ0) is 19.0. The van der Waals surface area contributed by atoms with Gasteiger partial charge in [-0.25, -0.2) is 9.78 Å². The van der Waals surface area contributed by atoms with Crippen molar-refractivity contribution < 1.29 is 9.59 Å². The summed E-state index contributed by atoms with van der Waals surface area (Å²) in [6, 6.07) is 4.73. The number of rotatable bonds is 3. The molecule has 2 aromatic rings. The van der Waals surface area contributed by atoms with Crippen molar-refractivity contribution in [2.75, 3.05) is 37.6 Å². The summed E-state index contributed by atoms with van der Waals surface area (Å²) < 4.78 is 1.93. The molecule has 0 saturated carbocycles. The minimum atomic E-state index is -0.199. The molecule has 150 valence electrons. The van der Waals surface area contributed by atoms with E-state index < -0.39 is 0 Å². The lowest BCUT2D eigenvalue weighted by atomic mass is 10.1. The van der Waals surface area contributed by atoms with Gasteiger partial charge in [0, 0.05) is 57.7 Å². The van der Waals surface area contributed by atoms with Crippen molar-refractivity contribution in [2.24, 2.45) is 7.05 Å². The fraction of sp³-hybridized carbons (Fsp3) is 0.389. The molecule has 2 saturated heterocycles. The summed E-state index contributed by atoms with van der Waals surface area (Å²) >= 11 is 6.29. The highest BCUT2D eigenvalue weighted by molar-refractivity contribution is 6.34. The first-order valence-corrected chi connectivity index (χ1v) is 9.28. The van der Waals surface area contributed by atoms with E-state index in [1.165, 1.54) is 0 Å². The first-order chi connectivity index (χ1) is 13.1. The highest BCUT2D eigenvalue weighted by Gasteiger charge is 2.32. The van der Waals surface area contributed by atoms with E-state index in [2.05, 4.69) is 15.6 Å². The predicted molar refractivity (Wildman–Crippen MR) is 109 cm³/mol. The van der Waals surface area contributed by atoms with E-state index in [1.54, 1.807) is 29.3 Å². The van der Waals surface area contributed by atoms with Crippen LogP contribution in [0.5, 0.6) is 0 Å². The number of piperazine rings is 1. The van der Waals surface area contributed by atoms with Gasteiger partial charge in [-0.3, -0.25) is 9.69 Å². The molecule has 3 amide bonds. The van der Waals surface area contributed by atoms with E-state index in [9.17, 15) is 9.59 Å². The van der Waals surface area contributed by atoms with Crippen LogP contribution in [-0.2, 0) is 7.05 Å². The summed E-state index contributed by atoms with van der Waals surface area (Å²) in [6.45, 7) is 3.04. The lowest BCUT2D eigenvalue weighted by Crippen LogP contribution is -2.49. The molecule has 2 aliphatic heterocycles. The highest BCUT2D eigenvalue weighted by Crippen LogP contribution is 2.30. The Balaban J connectivity index is 0.00000225. The summed E-state index contributed by atoms with van der Waals surface area (Å²) in [4.78, 5) is 33.1. The van der Waals surface area contributed by atoms with Crippen molar-refractivity contribution in [3.05, 3.63) is 47.0 Å². The van der Waals surface area contributed by atoms with Gasteiger partial charge in [0.1, 0.15) is 11.9 Å². The average Bonchev–Trinajstić information content (AvgIpc) is 3.30. The number of anilines is 1. The largest absolute Gasteiger partial charge is 0.336 e. The molecule has 2 aliphatic rings. The molecule has 0 radical (unpaired) electrons. The number of nitrogens with zero attached hydrogens (tertiary/aromatic N) is 4. The summed E-state index contributed by atoms with van der Waals surface area (Å²) in [5, 5.41) is 6.53. The molecule has 2 N–H and O–H groups in total. The molecule has 28 heavy (non-hydrogen) atoms. The standard InChI is InChI=1S/C18H21ClN6O2.ClH/c1-23-7-5-21-16(23)15-11-20-4-8-24(15)17(26)12-2-3-13(19)14(10-12)25-9-6-22-18(25)27;/h2-3,5,7,10,15,20H,4,6,8-9,11H2,1H3,(H,22,27);1H. The molecule has 1 aromatic heterocycles. The number of aryl methyl sites for hydroxylation is 1. The molecule has 8 nitrogen and oxygen atoms in total. The second-order valence-corrected chi connectivity index (χ2v) is 7.07. The lowest BCUT2D eigenvalue weighted by molar-refractivity contribution is 0.0621. The molecule has 3 heterocycles. The van der Waals surface area contributed by atoms with Gasteiger partial charge in [-0.1, -0.05) is 11.6 Å². The Hall–Kier alpha value is -2.29. The minimum Gasteiger partial charge on any atom is -0.336 e. The zero-order valence-corrected chi connectivity index (χ0v) is 17.0. The number of aromatic nitrogens is 2. The van der Waals surface area contributed by atoms with Gasteiger partial charge in [-0.2, -0.15) is 0 Å². The van der Waals surface area contributed by atoms with Crippen LogP contribution in [0.15, 0.2) is 30.6 Å². The normalized spacial score (nSPS) is 19.4. The first-order valence-electron chi connectivity index (χ1n) is 8.90. The van der Waals surface area contributed by atoms with E-state index in [0.717, 1.165) is 12.4 Å². The predicted octanol–water partition coefficient (Wildman–Crippen LogP) is 1.81. The van der Waals surface area contributed by atoms with E-state index in [1.807, 2.05) is 22.7 Å². The fourth-order valence-corrected chi connectivity index (χ4v) is 3.82. The number of nitrogens with one attached hydrogen (secondary N) is 2. The van der Waals surface area contributed by atoms with Gasteiger partial charge in [0.25, 0.3) is 5.91 Å². The molecule has 1 aromatic carbocycles. The number of hydrogen-bond donors (Lipinski definition) is 2. The second kappa shape index (κ2) is 8.38. The quantitative estimate of drug-likeness (QED) is 0.786. The number of halogens is 2. The SMILES string of the molecule is Cl.Cn1ccnc1C1CNCCN1C(=O)c1ccc(Cl)c(N2CCNC2=O)c1. The van der Waals surface area contributed by atoms with Gasteiger partial charge < -0.3 is 20.1 Å². The number of hydrogen-bond acceptors (Lipinski definition) is 4. The Morgan fingerprint density at radius 2 is 2.11 bits per heavy atom. The van der Waals surface area contributed by atoms with Crippen LogP contribution < -0.4 is 15.5 Å². The third-order valence-corrected chi connectivity index (χ3v) is 5.32. The topological polar surface area (TPSA) is 82.5 Å². The zero-order valence-electron chi connectivity index (χ0n) is 15.4. The molecule has 1 unspecified atom stereocenters. The fourth-order valence-electron chi connectivity index (χ4n) is 3.60. The Morgan fingerprint density at radius 3 is 2.79 bits per heavy atom. The first kappa shape index (κ1) is 20.4. The number of carbonyl (C=O) groups excluding carboxylic acids is 2. The second-order valence-electron chi connectivity index (χ2n) is 6.66. The summed E-state index contributed by atoms with van der Waals surface area (Å²) in [5.74, 6) is 0.741. The monoisotopic (exact) mass is 424 g/mol. The lowest BCUT2D eigenvalue weighted by Gasteiger charge is -2.36. The van der Waals surface area contributed by atoms with Gasteiger partial charge >= 0.3 is 6.03 Å². The maximum Gasteiger partial charge on any atom is 0.322 e. The molecule has 0 aliphatic carbocycles. The van der Waals surface area contributed by atoms with Crippen molar-refractivity contribution >= 4 is 41.6 Å². The number of amides is 3. The van der Waals surface area contributed by atoms with Crippen molar-refractivity contribution in [3.8, 4) is 0 Å². The van der Waals surface area contributed by atoms with Crippen LogP contribution in [0, 0.1) is 0 Å². The Morgan fingerprint density at radius 1 is 1.29 bits per heavy atom. The summed E-state index contributed by atoms with van der Waals surface area (Å²) in [5.41, 5.74) is 1.07. The molecule has 2 fully saturated rings. The Labute approximate surface area is 174 Å².